The van der Waals surface area contributed by atoms with Gasteiger partial charge in [-0.15, -0.1) is 0 Å². The number of nitrogens with one attached hydrogen (secondary N) is 1. The molecule has 0 saturated carbocycles. The van der Waals surface area contributed by atoms with Gasteiger partial charge in [0.25, 0.3) is 0 Å². The van der Waals surface area contributed by atoms with E-state index in [1.807, 2.05) is 20.2 Å². The van der Waals surface area contributed by atoms with Crippen LogP contribution in [0.4, 0.5) is 5.82 Å². The van der Waals surface area contributed by atoms with E-state index in [1.54, 1.807) is 12.3 Å². The van der Waals surface area contributed by atoms with Crippen LogP contribution in [-0.4, -0.2) is 36.1 Å². The van der Waals surface area contributed by atoms with Gasteiger partial charge in [0.1, 0.15) is 18.2 Å². The SMILES string of the molecule is CN(C)C(C)(C)COc1ccnc(NN)c1. The maximum atomic E-state index is 5.70. The van der Waals surface area contributed by atoms with Gasteiger partial charge >= 0.3 is 0 Å². The number of aromatic nitrogens is 1. The first-order valence-electron chi connectivity index (χ1n) is 5.18. The fourth-order valence-electron chi connectivity index (χ4n) is 0.969. The highest BCUT2D eigenvalue weighted by molar-refractivity contribution is 5.39. The van der Waals surface area contributed by atoms with Crippen LogP contribution in [-0.2, 0) is 0 Å². The van der Waals surface area contributed by atoms with Crippen molar-refractivity contribution in [2.24, 2.45) is 5.84 Å². The van der Waals surface area contributed by atoms with Crippen molar-refractivity contribution in [3.05, 3.63) is 18.3 Å². The highest BCUT2D eigenvalue weighted by Gasteiger charge is 2.21. The predicted octanol–water partition coefficient (Wildman–Crippen LogP) is 1.09. The van der Waals surface area contributed by atoms with Gasteiger partial charge in [0.15, 0.2) is 0 Å². The van der Waals surface area contributed by atoms with Gasteiger partial charge in [-0.3, -0.25) is 0 Å². The summed E-state index contributed by atoms with van der Waals surface area (Å²) in [6.07, 6.45) is 1.66. The first-order valence-corrected chi connectivity index (χ1v) is 5.18. The number of anilines is 1. The fraction of sp³-hybridized carbons (Fsp3) is 0.545. The number of nitrogens with zero attached hydrogens (tertiary/aromatic N) is 2. The molecule has 16 heavy (non-hydrogen) atoms. The van der Waals surface area contributed by atoms with Crippen LogP contribution in [0.2, 0.25) is 0 Å². The molecule has 0 fully saturated rings. The van der Waals surface area contributed by atoms with Crippen molar-refractivity contribution in [2.45, 2.75) is 19.4 Å². The summed E-state index contributed by atoms with van der Waals surface area (Å²) in [6, 6.07) is 3.58. The van der Waals surface area contributed by atoms with E-state index in [-0.39, 0.29) is 5.54 Å². The molecule has 0 unspecified atom stereocenters. The number of nitrogen functional groups attached to an aromatic ring is 1. The monoisotopic (exact) mass is 224 g/mol. The number of likely N-dealkylation sites (N-methyl/N-ethyl adjacent to an activating group) is 1. The lowest BCUT2D eigenvalue weighted by molar-refractivity contribution is 0.114. The van der Waals surface area contributed by atoms with Gasteiger partial charge in [0.2, 0.25) is 0 Å². The molecule has 0 aliphatic rings. The zero-order valence-corrected chi connectivity index (χ0v) is 10.3. The molecule has 5 heteroatoms. The van der Waals surface area contributed by atoms with E-state index in [4.69, 9.17) is 10.6 Å². The lowest BCUT2D eigenvalue weighted by atomic mass is 10.1. The van der Waals surface area contributed by atoms with Gasteiger partial charge < -0.3 is 15.1 Å². The molecule has 1 aromatic rings. The third-order valence-electron chi connectivity index (χ3n) is 2.68. The van der Waals surface area contributed by atoms with E-state index in [0.29, 0.717) is 12.4 Å². The summed E-state index contributed by atoms with van der Waals surface area (Å²) in [5.74, 6) is 6.63. The maximum Gasteiger partial charge on any atom is 0.143 e. The van der Waals surface area contributed by atoms with Crippen molar-refractivity contribution in [1.29, 1.82) is 0 Å². The molecule has 1 rings (SSSR count). The summed E-state index contributed by atoms with van der Waals surface area (Å²) in [5, 5.41) is 0. The second kappa shape index (κ2) is 5.14. The number of hydrazine groups is 1. The van der Waals surface area contributed by atoms with Crippen LogP contribution in [0.5, 0.6) is 5.75 Å². The number of hydrogen-bond acceptors (Lipinski definition) is 5. The molecule has 3 N–H and O–H groups in total. The topological polar surface area (TPSA) is 63.4 Å². The molecule has 0 atom stereocenters. The van der Waals surface area contributed by atoms with Gasteiger partial charge in [-0.1, -0.05) is 0 Å². The lowest BCUT2D eigenvalue weighted by Gasteiger charge is -2.32. The number of nitrogens with two attached hydrogens (primary N) is 1. The Bertz CT molecular complexity index is 339. The summed E-state index contributed by atoms with van der Waals surface area (Å²) in [4.78, 5) is 6.13. The Labute approximate surface area is 96.6 Å². The zero-order valence-electron chi connectivity index (χ0n) is 10.3. The van der Waals surface area contributed by atoms with Crippen molar-refractivity contribution in [1.82, 2.24) is 9.88 Å². The van der Waals surface area contributed by atoms with E-state index in [0.717, 1.165) is 5.75 Å². The van der Waals surface area contributed by atoms with E-state index < -0.39 is 0 Å². The molecule has 0 saturated heterocycles. The summed E-state index contributed by atoms with van der Waals surface area (Å²) in [7, 11) is 4.06. The van der Waals surface area contributed by atoms with E-state index >= 15 is 0 Å². The van der Waals surface area contributed by atoms with Crippen LogP contribution in [0.15, 0.2) is 18.3 Å². The maximum absolute atomic E-state index is 5.70. The Balaban J connectivity index is 2.60. The Morgan fingerprint density at radius 3 is 2.75 bits per heavy atom. The van der Waals surface area contributed by atoms with Crippen LogP contribution >= 0.6 is 0 Å². The quantitative estimate of drug-likeness (QED) is 0.579. The van der Waals surface area contributed by atoms with Crippen LogP contribution in [0, 0.1) is 0 Å². The Morgan fingerprint density at radius 1 is 1.50 bits per heavy atom. The lowest BCUT2D eigenvalue weighted by Crippen LogP contribution is -2.43. The van der Waals surface area contributed by atoms with Crippen molar-refractivity contribution in [3.8, 4) is 5.75 Å². The molecule has 0 aromatic carbocycles. The Kier molecular flexibility index (Phi) is 4.09. The van der Waals surface area contributed by atoms with Gasteiger partial charge in [-0.2, -0.15) is 0 Å². The fourth-order valence-corrected chi connectivity index (χ4v) is 0.969. The van der Waals surface area contributed by atoms with Crippen molar-refractivity contribution >= 4 is 5.82 Å². The van der Waals surface area contributed by atoms with Crippen LogP contribution in [0.3, 0.4) is 0 Å². The van der Waals surface area contributed by atoms with E-state index in [2.05, 4.69) is 29.2 Å². The van der Waals surface area contributed by atoms with Crippen LogP contribution in [0.25, 0.3) is 0 Å². The average Bonchev–Trinajstić information content (AvgIpc) is 2.26. The van der Waals surface area contributed by atoms with Gasteiger partial charge in [-0.25, -0.2) is 10.8 Å². The van der Waals surface area contributed by atoms with Gasteiger partial charge in [0, 0.05) is 17.8 Å². The zero-order chi connectivity index (χ0) is 12.2. The Morgan fingerprint density at radius 2 is 2.19 bits per heavy atom. The normalized spacial score (nSPS) is 11.6. The van der Waals surface area contributed by atoms with Crippen LogP contribution < -0.4 is 16.0 Å². The van der Waals surface area contributed by atoms with Crippen LogP contribution in [0.1, 0.15) is 13.8 Å². The average molecular weight is 224 g/mol. The predicted molar refractivity (Wildman–Crippen MR) is 65.3 cm³/mol. The number of ether oxygens (including phenoxy) is 1. The number of pyridine rings is 1. The molecule has 5 nitrogen and oxygen atoms in total. The largest absolute Gasteiger partial charge is 0.491 e. The summed E-state index contributed by atoms with van der Waals surface area (Å²) in [5.41, 5.74) is 2.47. The summed E-state index contributed by atoms with van der Waals surface area (Å²) in [6.45, 7) is 4.85. The molecule has 0 radical (unpaired) electrons. The molecular formula is C11H20N4O. The second-order valence-electron chi connectivity index (χ2n) is 4.52. The third-order valence-corrected chi connectivity index (χ3v) is 2.68. The minimum absolute atomic E-state index is 0.0143. The first kappa shape index (κ1) is 12.7. The molecule has 0 spiro atoms. The summed E-state index contributed by atoms with van der Waals surface area (Å²) < 4.78 is 5.70. The number of rotatable bonds is 5. The van der Waals surface area contributed by atoms with Crippen molar-refractivity contribution < 1.29 is 4.74 Å². The molecule has 0 aliphatic carbocycles. The highest BCUT2D eigenvalue weighted by Crippen LogP contribution is 2.17. The van der Waals surface area contributed by atoms with Crippen molar-refractivity contribution in [2.75, 3.05) is 26.1 Å². The molecule has 1 aromatic heterocycles. The molecule has 0 aliphatic heterocycles. The van der Waals surface area contributed by atoms with Crippen molar-refractivity contribution in [3.63, 3.8) is 0 Å². The second-order valence-corrected chi connectivity index (χ2v) is 4.52. The molecule has 90 valence electrons. The summed E-state index contributed by atoms with van der Waals surface area (Å²) >= 11 is 0. The highest BCUT2D eigenvalue weighted by atomic mass is 16.5. The Hall–Kier alpha value is -1.33. The third kappa shape index (κ3) is 3.36. The smallest absolute Gasteiger partial charge is 0.143 e. The van der Waals surface area contributed by atoms with Gasteiger partial charge in [0.05, 0.1) is 0 Å². The van der Waals surface area contributed by atoms with E-state index in [1.165, 1.54) is 0 Å². The minimum Gasteiger partial charge on any atom is -0.491 e. The minimum atomic E-state index is -0.0143. The molecule has 0 bridgehead atoms. The standard InChI is InChI=1S/C11H20N4O/c1-11(2,15(3)4)8-16-9-5-6-13-10(7-9)14-12/h5-7H,8,12H2,1-4H3,(H,13,14). The molecular weight excluding hydrogens is 204 g/mol. The van der Waals surface area contributed by atoms with Gasteiger partial charge in [-0.05, 0) is 34.0 Å². The first-order chi connectivity index (χ1) is 7.45. The molecule has 1 heterocycles. The number of hydrogen-bond donors (Lipinski definition) is 2. The van der Waals surface area contributed by atoms with E-state index in [9.17, 15) is 0 Å². The molecule has 0 amide bonds.